The minimum Gasteiger partial charge on any atom is -0.465 e. The van der Waals surface area contributed by atoms with Gasteiger partial charge in [-0.3, -0.25) is 0 Å². The fourth-order valence-corrected chi connectivity index (χ4v) is 2.99. The van der Waals surface area contributed by atoms with E-state index in [1.54, 1.807) is 0 Å². The highest BCUT2D eigenvalue weighted by Crippen LogP contribution is 2.48. The summed E-state index contributed by atoms with van der Waals surface area (Å²) in [5.74, 6) is -7.96. The van der Waals surface area contributed by atoms with Crippen molar-refractivity contribution < 1.29 is 27.1 Å². The van der Waals surface area contributed by atoms with Gasteiger partial charge in [0.15, 0.2) is 23.3 Å². The van der Waals surface area contributed by atoms with E-state index in [0.717, 1.165) is 26.4 Å². The first-order chi connectivity index (χ1) is 9.49. The molecule has 1 aromatic rings. The molecule has 108 valence electrons. The van der Waals surface area contributed by atoms with E-state index in [9.17, 15) is 22.4 Å². The summed E-state index contributed by atoms with van der Waals surface area (Å²) in [4.78, 5) is 12.5. The zero-order valence-electron chi connectivity index (χ0n) is 10.6. The Labute approximate surface area is 112 Å². The molecule has 0 amide bonds. The number of fused-ring (bicyclic) bond motifs is 1. The molecule has 1 heterocycles. The van der Waals surface area contributed by atoms with Gasteiger partial charge in [-0.25, -0.2) is 22.4 Å². The van der Waals surface area contributed by atoms with Crippen LogP contribution in [0.5, 0.6) is 0 Å². The smallest absolute Gasteiger partial charge is 0.344 e. The second kappa shape index (κ2) is 4.36. The monoisotopic (exact) mass is 289 g/mol. The van der Waals surface area contributed by atoms with Crippen LogP contribution in [0.2, 0.25) is 0 Å². The van der Waals surface area contributed by atoms with Crippen LogP contribution in [0.1, 0.15) is 29.6 Å². The molecule has 1 aliphatic heterocycles. The van der Waals surface area contributed by atoms with Crippen LogP contribution < -0.4 is 4.90 Å². The van der Waals surface area contributed by atoms with Crippen molar-refractivity contribution in [2.24, 2.45) is 0 Å². The topological polar surface area (TPSA) is 29.3 Å². The fraction of sp³-hybridized carbons (Fsp3) is 0.462. The first-order valence-electron chi connectivity index (χ1n) is 6.21. The van der Waals surface area contributed by atoms with E-state index in [4.69, 9.17) is 0 Å². The van der Waals surface area contributed by atoms with Crippen LogP contribution in [0.3, 0.4) is 0 Å². The highest BCUT2D eigenvalue weighted by Gasteiger charge is 2.53. The number of nitrogens with zero attached hydrogens (tertiary/aromatic N) is 1. The molecule has 0 N–H and O–H groups in total. The molecular formula is C13H11F4NO2. The van der Waals surface area contributed by atoms with Crippen LogP contribution >= 0.6 is 0 Å². The van der Waals surface area contributed by atoms with Crippen molar-refractivity contribution in [1.82, 2.24) is 0 Å². The van der Waals surface area contributed by atoms with Crippen LogP contribution in [-0.2, 0) is 4.74 Å². The molecule has 20 heavy (non-hydrogen) atoms. The maximum atomic E-state index is 14.0. The van der Waals surface area contributed by atoms with Gasteiger partial charge in [-0.05, 0) is 19.3 Å². The number of benzene rings is 1. The number of halogens is 4. The van der Waals surface area contributed by atoms with E-state index in [1.165, 1.54) is 4.90 Å². The first-order valence-corrected chi connectivity index (χ1v) is 6.21. The molecule has 1 aliphatic carbocycles. The van der Waals surface area contributed by atoms with E-state index in [1.807, 2.05) is 0 Å². The van der Waals surface area contributed by atoms with Gasteiger partial charge in [0.05, 0.1) is 7.11 Å². The summed E-state index contributed by atoms with van der Waals surface area (Å²) in [7, 11) is 0.875. The SMILES string of the molecule is COC(=O)c1c(F)c(F)c(N2C3CCCC32)c(F)c1F. The van der Waals surface area contributed by atoms with Gasteiger partial charge >= 0.3 is 5.97 Å². The predicted octanol–water partition coefficient (Wildman–Crippen LogP) is 2.77. The average Bonchev–Trinajstić information content (AvgIpc) is 2.88. The van der Waals surface area contributed by atoms with Crippen molar-refractivity contribution in [3.05, 3.63) is 28.8 Å². The third-order valence-electron chi connectivity index (χ3n) is 3.96. The third kappa shape index (κ3) is 1.61. The fourth-order valence-electron chi connectivity index (χ4n) is 2.99. The Bertz CT molecular complexity index is 566. The zero-order valence-corrected chi connectivity index (χ0v) is 10.6. The largest absolute Gasteiger partial charge is 0.465 e. The Morgan fingerprint density at radius 2 is 1.55 bits per heavy atom. The molecule has 7 heteroatoms. The number of hydrogen-bond acceptors (Lipinski definition) is 3. The Balaban J connectivity index is 2.11. The zero-order chi connectivity index (χ0) is 14.6. The number of ether oxygens (including phenoxy) is 1. The summed E-state index contributed by atoms with van der Waals surface area (Å²) in [5, 5.41) is 0. The lowest BCUT2D eigenvalue weighted by Crippen LogP contribution is -2.16. The molecule has 2 aliphatic rings. The minimum absolute atomic E-state index is 0.0678. The van der Waals surface area contributed by atoms with Gasteiger partial charge in [0.1, 0.15) is 11.3 Å². The normalized spacial score (nSPS) is 23.8. The average molecular weight is 289 g/mol. The van der Waals surface area contributed by atoms with Gasteiger partial charge in [-0.1, -0.05) is 0 Å². The van der Waals surface area contributed by atoms with Gasteiger partial charge in [-0.2, -0.15) is 0 Å². The van der Waals surface area contributed by atoms with Crippen LogP contribution in [0.4, 0.5) is 23.2 Å². The lowest BCUT2D eigenvalue weighted by atomic mass is 10.1. The summed E-state index contributed by atoms with van der Waals surface area (Å²) < 4.78 is 59.7. The van der Waals surface area contributed by atoms with Gasteiger partial charge in [0, 0.05) is 12.1 Å². The molecule has 3 nitrogen and oxygen atoms in total. The molecule has 2 atom stereocenters. The first kappa shape index (κ1) is 13.2. The summed E-state index contributed by atoms with van der Waals surface area (Å²) in [6.45, 7) is 0. The van der Waals surface area contributed by atoms with E-state index in [2.05, 4.69) is 4.74 Å². The lowest BCUT2D eigenvalue weighted by Gasteiger charge is -2.14. The second-order valence-corrected chi connectivity index (χ2v) is 4.94. The number of esters is 1. The Kier molecular flexibility index (Phi) is 2.88. The summed E-state index contributed by atoms with van der Waals surface area (Å²) in [5.41, 5.74) is -2.05. The van der Waals surface area contributed by atoms with Crippen LogP contribution in [-0.4, -0.2) is 25.2 Å². The third-order valence-corrected chi connectivity index (χ3v) is 3.96. The van der Waals surface area contributed by atoms with Crippen LogP contribution in [0.25, 0.3) is 0 Å². The van der Waals surface area contributed by atoms with Gasteiger partial charge < -0.3 is 9.64 Å². The molecule has 1 saturated heterocycles. The number of carbonyl (C=O) groups excluding carboxylic acids is 1. The minimum atomic E-state index is -1.71. The van der Waals surface area contributed by atoms with E-state index in [0.29, 0.717) is 0 Å². The van der Waals surface area contributed by atoms with Gasteiger partial charge in [0.25, 0.3) is 0 Å². The number of piperidine rings is 1. The van der Waals surface area contributed by atoms with E-state index < -0.39 is 40.5 Å². The second-order valence-electron chi connectivity index (χ2n) is 4.94. The van der Waals surface area contributed by atoms with Crippen molar-refractivity contribution >= 4 is 11.7 Å². The highest BCUT2D eigenvalue weighted by atomic mass is 19.2. The molecule has 2 unspecified atom stereocenters. The van der Waals surface area contributed by atoms with E-state index in [-0.39, 0.29) is 12.1 Å². The number of anilines is 1. The molecule has 0 radical (unpaired) electrons. The Morgan fingerprint density at radius 1 is 1.05 bits per heavy atom. The lowest BCUT2D eigenvalue weighted by molar-refractivity contribution is 0.0587. The molecule has 2 fully saturated rings. The molecule has 0 bridgehead atoms. The van der Waals surface area contributed by atoms with Crippen molar-refractivity contribution in [2.75, 3.05) is 12.0 Å². The number of rotatable bonds is 2. The van der Waals surface area contributed by atoms with Crippen LogP contribution in [0, 0.1) is 23.3 Å². The maximum absolute atomic E-state index is 14.0. The van der Waals surface area contributed by atoms with Gasteiger partial charge in [-0.15, -0.1) is 0 Å². The van der Waals surface area contributed by atoms with Crippen molar-refractivity contribution in [2.45, 2.75) is 31.3 Å². The number of methoxy groups -OCH3 is 1. The molecule has 1 aromatic carbocycles. The molecule has 3 rings (SSSR count). The van der Waals surface area contributed by atoms with E-state index >= 15 is 0 Å². The standard InChI is InChI=1S/C13H11F4NO2/c1-20-13(19)7-8(14)10(16)12(11(17)9(7)15)18-5-3-2-4-6(5)18/h5-6H,2-4H2,1H3. The maximum Gasteiger partial charge on any atom is 0.344 e. The molecule has 0 aromatic heterocycles. The highest BCUT2D eigenvalue weighted by molar-refractivity contribution is 5.90. The summed E-state index contributed by atoms with van der Waals surface area (Å²) in [6.07, 6.45) is 2.41. The van der Waals surface area contributed by atoms with Crippen molar-refractivity contribution in [1.29, 1.82) is 0 Å². The number of hydrogen-bond donors (Lipinski definition) is 0. The van der Waals surface area contributed by atoms with Gasteiger partial charge in [0.2, 0.25) is 0 Å². The van der Waals surface area contributed by atoms with Crippen molar-refractivity contribution in [3.63, 3.8) is 0 Å². The molecular weight excluding hydrogens is 278 g/mol. The van der Waals surface area contributed by atoms with Crippen LogP contribution in [0.15, 0.2) is 0 Å². The summed E-state index contributed by atoms with van der Waals surface area (Å²) in [6, 6.07) is -0.136. The predicted molar refractivity (Wildman–Crippen MR) is 61.5 cm³/mol. The Morgan fingerprint density at radius 3 is 2.00 bits per heavy atom. The number of carbonyl (C=O) groups is 1. The Hall–Kier alpha value is -1.79. The van der Waals surface area contributed by atoms with Crippen molar-refractivity contribution in [3.8, 4) is 0 Å². The molecule has 0 spiro atoms. The quantitative estimate of drug-likeness (QED) is 0.363. The molecule has 1 saturated carbocycles. The summed E-state index contributed by atoms with van der Waals surface area (Å²) >= 11 is 0.